The molecule has 0 radical (unpaired) electrons. The second-order valence-electron chi connectivity index (χ2n) is 5.13. The minimum Gasteiger partial charge on any atom is -0.480 e. The van der Waals surface area contributed by atoms with Gasteiger partial charge in [0.05, 0.1) is 12.8 Å². The highest BCUT2D eigenvalue weighted by Gasteiger charge is 2.20. The number of aromatic nitrogens is 3. The van der Waals surface area contributed by atoms with Crippen molar-refractivity contribution >= 4 is 23.2 Å². The van der Waals surface area contributed by atoms with Gasteiger partial charge in [0, 0.05) is 23.7 Å². The molecule has 0 aliphatic carbocycles. The van der Waals surface area contributed by atoms with Crippen LogP contribution in [0.3, 0.4) is 0 Å². The number of hydrogen-bond donors (Lipinski definition) is 1. The summed E-state index contributed by atoms with van der Waals surface area (Å²) in [7, 11) is 3.24. The zero-order chi connectivity index (χ0) is 17.3. The first-order valence-electron chi connectivity index (χ1n) is 7.11. The number of rotatable bonds is 4. The lowest BCUT2D eigenvalue weighted by molar-refractivity contribution is 0.0987. The van der Waals surface area contributed by atoms with Crippen LogP contribution in [0.1, 0.15) is 16.2 Å². The molecule has 2 heterocycles. The van der Waals surface area contributed by atoms with Crippen LogP contribution in [0.4, 0.5) is 5.69 Å². The molecule has 24 heavy (non-hydrogen) atoms. The number of methoxy groups -OCH3 is 1. The van der Waals surface area contributed by atoms with Crippen LogP contribution >= 0.6 is 11.6 Å². The zero-order valence-corrected chi connectivity index (χ0v) is 14.1. The van der Waals surface area contributed by atoms with Crippen LogP contribution in [0.15, 0.2) is 34.9 Å². The number of anilines is 1. The van der Waals surface area contributed by atoms with Crippen LogP contribution in [0.25, 0.3) is 11.3 Å². The van der Waals surface area contributed by atoms with Crippen molar-refractivity contribution in [2.45, 2.75) is 6.92 Å². The van der Waals surface area contributed by atoms with Crippen molar-refractivity contribution in [3.05, 3.63) is 46.8 Å². The maximum atomic E-state index is 12.4. The fourth-order valence-electron chi connectivity index (χ4n) is 2.36. The Bertz CT molecular complexity index is 901. The molecule has 1 amide bonds. The van der Waals surface area contributed by atoms with Gasteiger partial charge in [0.25, 0.3) is 5.91 Å². The first-order valence-corrected chi connectivity index (χ1v) is 7.49. The minimum absolute atomic E-state index is 0.0790. The van der Waals surface area contributed by atoms with E-state index in [1.165, 1.54) is 7.11 Å². The van der Waals surface area contributed by atoms with Gasteiger partial charge in [-0.15, -0.1) is 0 Å². The van der Waals surface area contributed by atoms with Gasteiger partial charge in [-0.2, -0.15) is 5.10 Å². The summed E-state index contributed by atoms with van der Waals surface area (Å²) in [4.78, 5) is 12.4. The second-order valence-corrected chi connectivity index (χ2v) is 5.57. The Balaban J connectivity index is 1.85. The molecule has 0 bridgehead atoms. The smallest absolute Gasteiger partial charge is 0.294 e. The Morgan fingerprint density at radius 2 is 2.17 bits per heavy atom. The van der Waals surface area contributed by atoms with Crippen molar-refractivity contribution in [3.8, 4) is 17.1 Å². The molecule has 1 N–H and O–H groups in total. The van der Waals surface area contributed by atoms with E-state index in [-0.39, 0.29) is 5.76 Å². The van der Waals surface area contributed by atoms with Crippen LogP contribution in [-0.2, 0) is 7.05 Å². The molecule has 3 rings (SSSR count). The summed E-state index contributed by atoms with van der Waals surface area (Å²) in [6, 6.07) is 8.69. The molecule has 0 saturated carbocycles. The van der Waals surface area contributed by atoms with Crippen molar-refractivity contribution in [2.24, 2.45) is 7.05 Å². The van der Waals surface area contributed by atoms with E-state index >= 15 is 0 Å². The SMILES string of the molecule is COc1c(NC(=O)c2cc(-c3cccc(Cl)c3)no2)c(C)nn1C. The van der Waals surface area contributed by atoms with Gasteiger partial charge in [0.1, 0.15) is 11.4 Å². The highest BCUT2D eigenvalue weighted by molar-refractivity contribution is 6.30. The Morgan fingerprint density at radius 3 is 2.88 bits per heavy atom. The van der Waals surface area contributed by atoms with E-state index in [2.05, 4.69) is 15.6 Å². The van der Waals surface area contributed by atoms with Gasteiger partial charge >= 0.3 is 0 Å². The molecule has 7 nitrogen and oxygen atoms in total. The van der Waals surface area contributed by atoms with Crippen molar-refractivity contribution < 1.29 is 14.1 Å². The monoisotopic (exact) mass is 346 g/mol. The molecular formula is C16H15ClN4O3. The van der Waals surface area contributed by atoms with E-state index in [9.17, 15) is 4.79 Å². The summed E-state index contributed by atoms with van der Waals surface area (Å²) < 4.78 is 11.9. The Labute approximate surface area is 143 Å². The number of ether oxygens (including phenoxy) is 1. The lowest BCUT2D eigenvalue weighted by Gasteiger charge is -2.05. The van der Waals surface area contributed by atoms with Gasteiger partial charge in [0.2, 0.25) is 11.6 Å². The molecule has 0 spiro atoms. The van der Waals surface area contributed by atoms with E-state index in [0.717, 1.165) is 5.56 Å². The van der Waals surface area contributed by atoms with Crippen LogP contribution in [-0.4, -0.2) is 28.0 Å². The maximum absolute atomic E-state index is 12.4. The molecule has 8 heteroatoms. The molecule has 2 aromatic heterocycles. The topological polar surface area (TPSA) is 82.2 Å². The number of nitrogens with one attached hydrogen (secondary N) is 1. The molecule has 0 saturated heterocycles. The fraction of sp³-hybridized carbons (Fsp3) is 0.188. The Kier molecular flexibility index (Phi) is 4.26. The van der Waals surface area contributed by atoms with Gasteiger partial charge in [-0.25, -0.2) is 4.68 Å². The molecule has 0 aliphatic rings. The normalized spacial score (nSPS) is 10.7. The number of aryl methyl sites for hydroxylation is 2. The van der Waals surface area contributed by atoms with Crippen molar-refractivity contribution in [1.82, 2.24) is 14.9 Å². The van der Waals surface area contributed by atoms with Gasteiger partial charge in [0.15, 0.2) is 0 Å². The quantitative estimate of drug-likeness (QED) is 0.783. The predicted octanol–water partition coefficient (Wildman–Crippen LogP) is 3.30. The third kappa shape index (κ3) is 2.98. The van der Waals surface area contributed by atoms with E-state index in [1.54, 1.807) is 42.9 Å². The number of halogens is 1. The minimum atomic E-state index is -0.440. The van der Waals surface area contributed by atoms with Crippen LogP contribution in [0.2, 0.25) is 5.02 Å². The molecule has 0 atom stereocenters. The first-order chi connectivity index (χ1) is 11.5. The zero-order valence-electron chi connectivity index (χ0n) is 13.3. The molecule has 1 aromatic carbocycles. The average molecular weight is 347 g/mol. The summed E-state index contributed by atoms with van der Waals surface area (Å²) in [6.45, 7) is 1.77. The number of carbonyl (C=O) groups excluding carboxylic acids is 1. The average Bonchev–Trinajstić information content (AvgIpc) is 3.13. The summed E-state index contributed by atoms with van der Waals surface area (Å²) in [6.07, 6.45) is 0. The van der Waals surface area contributed by atoms with Crippen molar-refractivity contribution in [3.63, 3.8) is 0 Å². The lowest BCUT2D eigenvalue weighted by Crippen LogP contribution is -2.12. The second kappa shape index (κ2) is 6.37. The first kappa shape index (κ1) is 16.1. The third-order valence-corrected chi connectivity index (χ3v) is 3.69. The summed E-state index contributed by atoms with van der Waals surface area (Å²) in [5.41, 5.74) is 2.42. The largest absolute Gasteiger partial charge is 0.480 e. The summed E-state index contributed by atoms with van der Waals surface area (Å²) >= 11 is 5.96. The van der Waals surface area contributed by atoms with E-state index in [1.807, 2.05) is 6.07 Å². The predicted molar refractivity (Wildman–Crippen MR) is 89.4 cm³/mol. The van der Waals surface area contributed by atoms with E-state index in [0.29, 0.717) is 28.0 Å². The van der Waals surface area contributed by atoms with Gasteiger partial charge in [-0.1, -0.05) is 28.9 Å². The number of benzene rings is 1. The molecular weight excluding hydrogens is 332 g/mol. The molecule has 0 fully saturated rings. The van der Waals surface area contributed by atoms with E-state index < -0.39 is 5.91 Å². The summed E-state index contributed by atoms with van der Waals surface area (Å²) in [5, 5.41) is 11.4. The van der Waals surface area contributed by atoms with Crippen molar-refractivity contribution in [1.29, 1.82) is 0 Å². The van der Waals surface area contributed by atoms with E-state index in [4.69, 9.17) is 20.9 Å². The van der Waals surface area contributed by atoms with Crippen LogP contribution < -0.4 is 10.1 Å². The molecule has 3 aromatic rings. The molecule has 0 unspecified atom stereocenters. The molecule has 124 valence electrons. The maximum Gasteiger partial charge on any atom is 0.294 e. The number of hydrogen-bond acceptors (Lipinski definition) is 5. The van der Waals surface area contributed by atoms with Crippen LogP contribution in [0, 0.1) is 6.92 Å². The third-order valence-electron chi connectivity index (χ3n) is 3.46. The number of nitrogens with zero attached hydrogens (tertiary/aromatic N) is 3. The molecule has 0 aliphatic heterocycles. The van der Waals surface area contributed by atoms with Gasteiger partial charge < -0.3 is 14.6 Å². The number of carbonyl (C=O) groups is 1. The Morgan fingerprint density at radius 1 is 1.38 bits per heavy atom. The highest BCUT2D eigenvalue weighted by Crippen LogP contribution is 2.28. The fourth-order valence-corrected chi connectivity index (χ4v) is 2.55. The number of amides is 1. The van der Waals surface area contributed by atoms with Gasteiger partial charge in [-0.3, -0.25) is 4.79 Å². The van der Waals surface area contributed by atoms with Gasteiger partial charge in [-0.05, 0) is 19.1 Å². The highest BCUT2D eigenvalue weighted by atomic mass is 35.5. The standard InChI is InChI=1S/C16H15ClN4O3/c1-9-14(16(23-3)21(2)19-9)18-15(22)13-8-12(20-24-13)10-5-4-6-11(17)7-10/h4-8H,1-3H3,(H,18,22). The summed E-state index contributed by atoms with van der Waals surface area (Å²) in [5.74, 6) is 0.0934. The van der Waals surface area contributed by atoms with Crippen molar-refractivity contribution in [2.75, 3.05) is 12.4 Å². The van der Waals surface area contributed by atoms with Crippen LogP contribution in [0.5, 0.6) is 5.88 Å². The Hall–Kier alpha value is -2.80. The lowest BCUT2D eigenvalue weighted by atomic mass is 10.1.